The molecule has 0 saturated carbocycles. The Balaban J connectivity index is 1.40. The lowest BCUT2D eigenvalue weighted by Crippen LogP contribution is -2.14. The van der Waals surface area contributed by atoms with Crippen molar-refractivity contribution in [2.45, 2.75) is 13.3 Å². The number of hydrogen-bond donors (Lipinski definition) is 1. The standard InChI is InChI=1S/C20H28N4O7/c1-16-21-23-20(24-22-16)17-2-4-18(5-3-17)31-15-14-30-13-12-29-11-10-28-9-8-27-7-6-19(25)26/h2-5H,6-15H2,1H3,(H,25,26). The van der Waals surface area contributed by atoms with Gasteiger partial charge in [-0.25, -0.2) is 0 Å². The lowest BCUT2D eigenvalue weighted by atomic mass is 10.2. The van der Waals surface area contributed by atoms with Gasteiger partial charge < -0.3 is 28.8 Å². The molecule has 0 unspecified atom stereocenters. The van der Waals surface area contributed by atoms with E-state index in [2.05, 4.69) is 20.4 Å². The summed E-state index contributed by atoms with van der Waals surface area (Å²) in [4.78, 5) is 10.3. The van der Waals surface area contributed by atoms with Gasteiger partial charge in [-0.15, -0.1) is 20.4 Å². The maximum Gasteiger partial charge on any atom is 0.305 e. The molecule has 11 nitrogen and oxygen atoms in total. The molecule has 0 amide bonds. The minimum Gasteiger partial charge on any atom is -0.491 e. The van der Waals surface area contributed by atoms with E-state index in [1.165, 1.54) is 0 Å². The van der Waals surface area contributed by atoms with Gasteiger partial charge in [0, 0.05) is 5.56 Å². The van der Waals surface area contributed by atoms with Crippen molar-refractivity contribution in [2.24, 2.45) is 0 Å². The average molecular weight is 436 g/mol. The molecule has 0 atom stereocenters. The van der Waals surface area contributed by atoms with E-state index in [1.807, 2.05) is 24.3 Å². The SMILES string of the molecule is Cc1nnc(-c2ccc(OCCOCCOCCOCCOCCC(=O)O)cc2)nn1. The first kappa shape index (κ1) is 24.5. The molecular formula is C20H28N4O7. The monoisotopic (exact) mass is 436 g/mol. The molecule has 1 aromatic heterocycles. The molecule has 0 saturated heterocycles. The average Bonchev–Trinajstić information content (AvgIpc) is 2.77. The molecule has 0 bridgehead atoms. The molecule has 1 heterocycles. The van der Waals surface area contributed by atoms with E-state index in [-0.39, 0.29) is 13.0 Å². The number of hydrogen-bond acceptors (Lipinski definition) is 10. The molecule has 170 valence electrons. The van der Waals surface area contributed by atoms with Crippen LogP contribution in [0.4, 0.5) is 0 Å². The van der Waals surface area contributed by atoms with Crippen LogP contribution in [0.2, 0.25) is 0 Å². The van der Waals surface area contributed by atoms with E-state index in [9.17, 15) is 4.79 Å². The van der Waals surface area contributed by atoms with E-state index in [0.717, 1.165) is 11.3 Å². The van der Waals surface area contributed by atoms with E-state index < -0.39 is 5.97 Å². The fourth-order valence-electron chi connectivity index (χ4n) is 2.23. The molecule has 0 radical (unpaired) electrons. The smallest absolute Gasteiger partial charge is 0.305 e. The van der Waals surface area contributed by atoms with Gasteiger partial charge in [0.25, 0.3) is 0 Å². The van der Waals surface area contributed by atoms with E-state index in [0.29, 0.717) is 64.5 Å². The summed E-state index contributed by atoms with van der Waals surface area (Å²) in [5.41, 5.74) is 0.815. The van der Waals surface area contributed by atoms with Gasteiger partial charge in [0.1, 0.15) is 12.4 Å². The zero-order valence-electron chi connectivity index (χ0n) is 17.6. The third kappa shape index (κ3) is 11.3. The van der Waals surface area contributed by atoms with Gasteiger partial charge in [0.15, 0.2) is 5.82 Å². The normalized spacial score (nSPS) is 10.9. The van der Waals surface area contributed by atoms with Crippen LogP contribution in [0.15, 0.2) is 24.3 Å². The van der Waals surface area contributed by atoms with Crippen molar-refractivity contribution in [2.75, 3.05) is 59.5 Å². The molecule has 1 N–H and O–H groups in total. The van der Waals surface area contributed by atoms with Gasteiger partial charge in [-0.3, -0.25) is 4.79 Å². The number of rotatable bonds is 17. The van der Waals surface area contributed by atoms with Crippen molar-refractivity contribution in [1.29, 1.82) is 0 Å². The van der Waals surface area contributed by atoms with Crippen molar-refractivity contribution in [3.8, 4) is 17.1 Å². The van der Waals surface area contributed by atoms with E-state index in [4.69, 9.17) is 28.8 Å². The molecule has 11 heteroatoms. The summed E-state index contributed by atoms with van der Waals surface area (Å²) in [5.74, 6) is 0.844. The number of aryl methyl sites for hydroxylation is 1. The second kappa shape index (κ2) is 15.1. The molecule has 0 fully saturated rings. The predicted octanol–water partition coefficient (Wildman–Crippen LogP) is 1.16. The molecule has 0 aliphatic carbocycles. The van der Waals surface area contributed by atoms with Gasteiger partial charge >= 0.3 is 5.97 Å². The number of carboxylic acid groups (broad SMARTS) is 1. The fourth-order valence-corrected chi connectivity index (χ4v) is 2.23. The second-order valence-electron chi connectivity index (χ2n) is 6.24. The number of benzene rings is 1. The Hall–Kier alpha value is -2.73. The van der Waals surface area contributed by atoms with Crippen LogP contribution in [0.3, 0.4) is 0 Å². The maximum atomic E-state index is 10.3. The Labute approximate surface area is 180 Å². The van der Waals surface area contributed by atoms with Gasteiger partial charge in [-0.05, 0) is 31.2 Å². The van der Waals surface area contributed by atoms with E-state index >= 15 is 0 Å². The maximum absolute atomic E-state index is 10.3. The van der Waals surface area contributed by atoms with Crippen LogP contribution in [-0.2, 0) is 23.7 Å². The quantitative estimate of drug-likeness (QED) is 0.358. The Morgan fingerprint density at radius 2 is 1.23 bits per heavy atom. The molecular weight excluding hydrogens is 408 g/mol. The first-order valence-corrected chi connectivity index (χ1v) is 9.95. The number of nitrogens with zero attached hydrogens (tertiary/aromatic N) is 4. The topological polar surface area (TPSA) is 135 Å². The summed E-state index contributed by atoms with van der Waals surface area (Å²) in [6, 6.07) is 7.36. The molecule has 2 rings (SSSR count). The van der Waals surface area contributed by atoms with Crippen molar-refractivity contribution >= 4 is 5.97 Å². The first-order chi connectivity index (χ1) is 15.1. The van der Waals surface area contributed by atoms with Gasteiger partial charge in [-0.1, -0.05) is 0 Å². The van der Waals surface area contributed by atoms with Crippen LogP contribution in [-0.4, -0.2) is 90.9 Å². The fraction of sp³-hybridized carbons (Fsp3) is 0.550. The largest absolute Gasteiger partial charge is 0.491 e. The summed E-state index contributed by atoms with van der Waals surface area (Å²) < 4.78 is 26.9. The number of aromatic nitrogens is 4. The highest BCUT2D eigenvalue weighted by molar-refractivity contribution is 5.66. The summed E-state index contributed by atoms with van der Waals surface area (Å²) in [6.45, 7) is 5.40. The number of carboxylic acids is 1. The van der Waals surface area contributed by atoms with Crippen LogP contribution in [0.5, 0.6) is 5.75 Å². The third-order valence-electron chi connectivity index (χ3n) is 3.76. The van der Waals surface area contributed by atoms with Gasteiger partial charge in [0.2, 0.25) is 5.82 Å². The molecule has 2 aromatic rings. The van der Waals surface area contributed by atoms with Crippen molar-refractivity contribution in [3.05, 3.63) is 30.1 Å². The third-order valence-corrected chi connectivity index (χ3v) is 3.76. The van der Waals surface area contributed by atoms with Gasteiger partial charge in [-0.2, -0.15) is 0 Å². The highest BCUT2D eigenvalue weighted by Crippen LogP contribution is 2.18. The lowest BCUT2D eigenvalue weighted by Gasteiger charge is -2.09. The summed E-state index contributed by atoms with van der Waals surface area (Å²) in [7, 11) is 0. The highest BCUT2D eigenvalue weighted by Gasteiger charge is 2.03. The van der Waals surface area contributed by atoms with Gasteiger partial charge in [0.05, 0.1) is 59.3 Å². The Bertz CT molecular complexity index is 744. The minimum atomic E-state index is -0.873. The van der Waals surface area contributed by atoms with Crippen LogP contribution in [0.25, 0.3) is 11.4 Å². The minimum absolute atomic E-state index is 0.000285. The second-order valence-corrected chi connectivity index (χ2v) is 6.24. The summed E-state index contributed by atoms with van der Waals surface area (Å²) >= 11 is 0. The Morgan fingerprint density at radius 1 is 0.742 bits per heavy atom. The number of ether oxygens (including phenoxy) is 5. The van der Waals surface area contributed by atoms with Crippen molar-refractivity contribution < 1.29 is 33.6 Å². The predicted molar refractivity (Wildman–Crippen MR) is 109 cm³/mol. The zero-order chi connectivity index (χ0) is 22.2. The zero-order valence-corrected chi connectivity index (χ0v) is 17.6. The van der Waals surface area contributed by atoms with Crippen LogP contribution < -0.4 is 4.74 Å². The lowest BCUT2D eigenvalue weighted by molar-refractivity contribution is -0.138. The van der Waals surface area contributed by atoms with Crippen LogP contribution in [0.1, 0.15) is 12.2 Å². The van der Waals surface area contributed by atoms with Crippen LogP contribution >= 0.6 is 0 Å². The highest BCUT2D eigenvalue weighted by atomic mass is 16.6. The summed E-state index contributed by atoms with van der Waals surface area (Å²) in [6.07, 6.45) is -0.000285. The Morgan fingerprint density at radius 3 is 1.74 bits per heavy atom. The molecule has 0 aliphatic heterocycles. The number of carbonyl (C=O) groups is 1. The molecule has 31 heavy (non-hydrogen) atoms. The van der Waals surface area contributed by atoms with E-state index in [1.54, 1.807) is 6.92 Å². The summed E-state index contributed by atoms with van der Waals surface area (Å²) in [5, 5.41) is 24.2. The Kier molecular flexibility index (Phi) is 12.0. The first-order valence-electron chi connectivity index (χ1n) is 9.95. The molecule has 1 aromatic carbocycles. The molecule has 0 aliphatic rings. The molecule has 0 spiro atoms. The number of aliphatic carboxylic acids is 1. The van der Waals surface area contributed by atoms with Crippen LogP contribution in [0, 0.1) is 6.92 Å². The van der Waals surface area contributed by atoms with Crippen molar-refractivity contribution in [3.63, 3.8) is 0 Å². The van der Waals surface area contributed by atoms with Crippen molar-refractivity contribution in [1.82, 2.24) is 20.4 Å².